The van der Waals surface area contributed by atoms with Gasteiger partial charge in [0.25, 0.3) is 0 Å². The fourth-order valence-electron chi connectivity index (χ4n) is 2.22. The van der Waals surface area contributed by atoms with Crippen LogP contribution in [0.3, 0.4) is 0 Å². The lowest BCUT2D eigenvalue weighted by atomic mass is 10.2. The molecule has 1 aromatic heterocycles. The minimum Gasteiger partial charge on any atom is -0.369 e. The normalized spacial score (nSPS) is 20.2. The van der Waals surface area contributed by atoms with Crippen LogP contribution in [0.1, 0.15) is 12.5 Å². The molecule has 0 saturated carbocycles. The largest absolute Gasteiger partial charge is 0.369 e. The molecule has 1 aromatic carbocycles. The molecule has 0 spiro atoms. The number of para-hydroxylation sites is 2. The highest BCUT2D eigenvalue weighted by molar-refractivity contribution is 5.81. The molecule has 0 radical (unpaired) electrons. The lowest BCUT2D eigenvalue weighted by molar-refractivity contribution is -0.119. The predicted octanol–water partition coefficient (Wildman–Crippen LogP) is 0.679. The van der Waals surface area contributed by atoms with E-state index >= 15 is 0 Å². The van der Waals surface area contributed by atoms with Crippen LogP contribution in [0, 0.1) is 0 Å². The zero-order valence-corrected chi connectivity index (χ0v) is 8.68. The molecular weight excluding hydrogens is 204 g/mol. The fourth-order valence-corrected chi connectivity index (χ4v) is 2.22. The lowest BCUT2D eigenvalue weighted by Crippen LogP contribution is -2.16. The number of nitrogens with one attached hydrogen (secondary N) is 1. The lowest BCUT2D eigenvalue weighted by Gasteiger charge is -2.12. The Morgan fingerprint density at radius 2 is 2.25 bits per heavy atom. The Morgan fingerprint density at radius 3 is 3.00 bits per heavy atom. The van der Waals surface area contributed by atoms with E-state index in [9.17, 15) is 4.79 Å². The van der Waals surface area contributed by atoms with Crippen LogP contribution in [-0.4, -0.2) is 22.0 Å². The van der Waals surface area contributed by atoms with Gasteiger partial charge in [0.15, 0.2) is 0 Å². The first-order chi connectivity index (χ1) is 7.75. The van der Waals surface area contributed by atoms with E-state index in [-0.39, 0.29) is 11.9 Å². The van der Waals surface area contributed by atoms with Crippen molar-refractivity contribution >= 4 is 22.9 Å². The number of nitrogens with zero attached hydrogens (tertiary/aromatic N) is 2. The number of benzene rings is 1. The summed E-state index contributed by atoms with van der Waals surface area (Å²) in [6.45, 7) is 0.628. The molecule has 16 heavy (non-hydrogen) atoms. The summed E-state index contributed by atoms with van der Waals surface area (Å²) in [7, 11) is 0. The number of nitrogen functional groups attached to an aromatic ring is 1. The zero-order chi connectivity index (χ0) is 11.1. The van der Waals surface area contributed by atoms with Crippen LogP contribution in [0.25, 0.3) is 11.0 Å². The van der Waals surface area contributed by atoms with E-state index in [4.69, 9.17) is 5.73 Å². The maximum absolute atomic E-state index is 11.2. The van der Waals surface area contributed by atoms with E-state index in [0.29, 0.717) is 18.9 Å². The van der Waals surface area contributed by atoms with Gasteiger partial charge in [-0.1, -0.05) is 12.1 Å². The summed E-state index contributed by atoms with van der Waals surface area (Å²) in [6, 6.07) is 7.86. The Balaban J connectivity index is 2.15. The first kappa shape index (κ1) is 9.21. The van der Waals surface area contributed by atoms with E-state index in [1.807, 2.05) is 28.8 Å². The molecule has 1 unspecified atom stereocenters. The van der Waals surface area contributed by atoms with Gasteiger partial charge in [0.2, 0.25) is 11.9 Å². The number of fused-ring (bicyclic) bond motifs is 1. The molecule has 1 saturated heterocycles. The second kappa shape index (κ2) is 3.23. The summed E-state index contributed by atoms with van der Waals surface area (Å²) >= 11 is 0. The molecule has 1 fully saturated rings. The van der Waals surface area contributed by atoms with Crippen LogP contribution in [0.2, 0.25) is 0 Å². The van der Waals surface area contributed by atoms with Gasteiger partial charge in [0.1, 0.15) is 0 Å². The van der Waals surface area contributed by atoms with Crippen molar-refractivity contribution in [2.24, 2.45) is 0 Å². The second-order valence-corrected chi connectivity index (χ2v) is 3.99. The Hall–Kier alpha value is -2.04. The number of rotatable bonds is 1. The second-order valence-electron chi connectivity index (χ2n) is 3.99. The van der Waals surface area contributed by atoms with Crippen molar-refractivity contribution in [3.8, 4) is 0 Å². The Bertz CT molecular complexity index is 560. The van der Waals surface area contributed by atoms with Crippen LogP contribution < -0.4 is 11.1 Å². The quantitative estimate of drug-likeness (QED) is 0.736. The summed E-state index contributed by atoms with van der Waals surface area (Å²) in [5.41, 5.74) is 7.75. The van der Waals surface area contributed by atoms with Crippen molar-refractivity contribution in [1.82, 2.24) is 14.9 Å². The molecule has 2 aromatic rings. The fraction of sp³-hybridized carbons (Fsp3) is 0.273. The molecule has 3 N–H and O–H groups in total. The van der Waals surface area contributed by atoms with Gasteiger partial charge < -0.3 is 15.6 Å². The number of carbonyl (C=O) groups is 1. The average Bonchev–Trinajstić information content (AvgIpc) is 2.80. The standard InChI is InChI=1S/C11H12N4O/c12-11-14-8-3-1-2-4-9(8)15(11)7-5-10(16)13-6-7/h1-4,7H,5-6H2,(H2,12,14)(H,13,16). The van der Waals surface area contributed by atoms with Gasteiger partial charge in [0.05, 0.1) is 17.1 Å². The van der Waals surface area contributed by atoms with E-state index in [0.717, 1.165) is 11.0 Å². The molecule has 1 atom stereocenters. The maximum atomic E-state index is 11.2. The van der Waals surface area contributed by atoms with Gasteiger partial charge in [-0.15, -0.1) is 0 Å². The first-order valence-corrected chi connectivity index (χ1v) is 5.25. The van der Waals surface area contributed by atoms with Crippen LogP contribution in [0.5, 0.6) is 0 Å². The number of nitrogens with two attached hydrogens (primary N) is 1. The molecular formula is C11H12N4O. The van der Waals surface area contributed by atoms with Crippen molar-refractivity contribution in [1.29, 1.82) is 0 Å². The molecule has 1 aliphatic heterocycles. The van der Waals surface area contributed by atoms with E-state index in [1.54, 1.807) is 0 Å². The Kier molecular flexibility index (Phi) is 1.86. The summed E-state index contributed by atoms with van der Waals surface area (Å²) in [5, 5.41) is 2.81. The first-order valence-electron chi connectivity index (χ1n) is 5.25. The van der Waals surface area contributed by atoms with Gasteiger partial charge in [-0.3, -0.25) is 4.79 Å². The minimum absolute atomic E-state index is 0.0715. The van der Waals surface area contributed by atoms with Crippen LogP contribution in [-0.2, 0) is 4.79 Å². The van der Waals surface area contributed by atoms with Gasteiger partial charge in [-0.2, -0.15) is 0 Å². The Morgan fingerprint density at radius 1 is 1.44 bits per heavy atom. The van der Waals surface area contributed by atoms with E-state index in [2.05, 4.69) is 10.3 Å². The highest BCUT2D eigenvalue weighted by Gasteiger charge is 2.25. The van der Waals surface area contributed by atoms with E-state index in [1.165, 1.54) is 0 Å². The average molecular weight is 216 g/mol. The van der Waals surface area contributed by atoms with Crippen molar-refractivity contribution in [2.75, 3.05) is 12.3 Å². The summed E-state index contributed by atoms with van der Waals surface area (Å²) in [4.78, 5) is 15.5. The highest BCUT2D eigenvalue weighted by Crippen LogP contribution is 2.26. The highest BCUT2D eigenvalue weighted by atomic mass is 16.1. The molecule has 0 bridgehead atoms. The van der Waals surface area contributed by atoms with Gasteiger partial charge >= 0.3 is 0 Å². The monoisotopic (exact) mass is 216 g/mol. The van der Waals surface area contributed by atoms with Crippen LogP contribution >= 0.6 is 0 Å². The smallest absolute Gasteiger partial charge is 0.222 e. The molecule has 5 nitrogen and oxygen atoms in total. The topological polar surface area (TPSA) is 72.9 Å². The van der Waals surface area contributed by atoms with Crippen molar-refractivity contribution < 1.29 is 4.79 Å². The number of hydrogen-bond acceptors (Lipinski definition) is 3. The van der Waals surface area contributed by atoms with Gasteiger partial charge in [0, 0.05) is 13.0 Å². The predicted molar refractivity (Wildman–Crippen MR) is 60.8 cm³/mol. The summed E-state index contributed by atoms with van der Waals surface area (Å²) < 4.78 is 1.94. The zero-order valence-electron chi connectivity index (χ0n) is 8.68. The summed E-state index contributed by atoms with van der Waals surface area (Å²) in [5.74, 6) is 0.546. The molecule has 0 aliphatic carbocycles. The Labute approximate surface area is 92.3 Å². The number of anilines is 1. The molecule has 1 amide bonds. The number of amides is 1. The van der Waals surface area contributed by atoms with Gasteiger partial charge in [-0.05, 0) is 12.1 Å². The third-order valence-corrected chi connectivity index (χ3v) is 2.94. The molecule has 82 valence electrons. The van der Waals surface area contributed by atoms with Crippen molar-refractivity contribution in [3.05, 3.63) is 24.3 Å². The number of hydrogen-bond donors (Lipinski definition) is 2. The third kappa shape index (κ3) is 1.25. The summed E-state index contributed by atoms with van der Waals surface area (Å²) in [6.07, 6.45) is 0.477. The van der Waals surface area contributed by atoms with Crippen molar-refractivity contribution in [2.45, 2.75) is 12.5 Å². The number of carbonyl (C=O) groups excluding carboxylic acids is 1. The van der Waals surface area contributed by atoms with Crippen LogP contribution in [0.15, 0.2) is 24.3 Å². The van der Waals surface area contributed by atoms with Crippen LogP contribution in [0.4, 0.5) is 5.95 Å². The number of aromatic nitrogens is 2. The molecule has 2 heterocycles. The minimum atomic E-state index is 0.0715. The molecule has 3 rings (SSSR count). The van der Waals surface area contributed by atoms with Crippen molar-refractivity contribution in [3.63, 3.8) is 0 Å². The number of imidazole rings is 1. The SMILES string of the molecule is Nc1nc2ccccc2n1C1CNC(=O)C1. The maximum Gasteiger partial charge on any atom is 0.222 e. The molecule has 5 heteroatoms. The van der Waals surface area contributed by atoms with Gasteiger partial charge in [-0.25, -0.2) is 4.98 Å². The molecule has 1 aliphatic rings. The third-order valence-electron chi connectivity index (χ3n) is 2.94. The van der Waals surface area contributed by atoms with E-state index < -0.39 is 0 Å².